The van der Waals surface area contributed by atoms with Crippen molar-refractivity contribution in [2.75, 3.05) is 13.7 Å². The first-order chi connectivity index (χ1) is 15.6. The summed E-state index contributed by atoms with van der Waals surface area (Å²) in [4.78, 5) is 21.7. The van der Waals surface area contributed by atoms with Crippen LogP contribution >= 0.6 is 11.3 Å². The smallest absolute Gasteiger partial charge is 0.254 e. The van der Waals surface area contributed by atoms with Crippen molar-refractivity contribution in [1.82, 2.24) is 19.7 Å². The Morgan fingerprint density at radius 1 is 1.25 bits per heavy atom. The van der Waals surface area contributed by atoms with E-state index in [1.165, 1.54) is 10.4 Å². The Balaban J connectivity index is 1.44. The monoisotopic (exact) mass is 446 g/mol. The van der Waals surface area contributed by atoms with Gasteiger partial charge in [-0.3, -0.25) is 4.79 Å². The minimum atomic E-state index is 0.0709. The van der Waals surface area contributed by atoms with E-state index in [0.29, 0.717) is 12.1 Å². The fourth-order valence-electron chi connectivity index (χ4n) is 4.56. The number of hydrogen-bond donors (Lipinski definition) is 0. The van der Waals surface area contributed by atoms with Gasteiger partial charge in [-0.05, 0) is 61.4 Å². The molecule has 1 aliphatic heterocycles. The third-order valence-electron chi connectivity index (χ3n) is 6.10. The molecule has 1 aromatic carbocycles. The summed E-state index contributed by atoms with van der Waals surface area (Å²) in [5, 5.41) is 7.45. The summed E-state index contributed by atoms with van der Waals surface area (Å²) < 4.78 is 7.26. The number of nitrogens with zero attached hydrogens (tertiary/aromatic N) is 4. The standard InChI is InChI=1S/C25H26N4O2S/c1-17-12-22(23-15-26-29(24(23)27-17)16-21-9-5-11-32-21)25(30)28-10-4-7-19(28)13-18-6-3-8-20(14-18)31-2/h3,5-6,8-9,11-12,14-15,19H,4,7,10,13,16H2,1-2H3. The van der Waals surface area contributed by atoms with Crippen molar-refractivity contribution < 1.29 is 9.53 Å². The first kappa shape index (κ1) is 20.7. The molecule has 0 aliphatic carbocycles. The molecule has 0 radical (unpaired) electrons. The molecule has 32 heavy (non-hydrogen) atoms. The molecule has 1 aliphatic rings. The highest BCUT2D eigenvalue weighted by Crippen LogP contribution is 2.28. The lowest BCUT2D eigenvalue weighted by Crippen LogP contribution is -2.37. The molecule has 0 N–H and O–H groups in total. The molecule has 4 heterocycles. The van der Waals surface area contributed by atoms with E-state index in [1.54, 1.807) is 24.6 Å². The zero-order valence-electron chi connectivity index (χ0n) is 18.3. The number of benzene rings is 1. The maximum absolute atomic E-state index is 13.7. The van der Waals surface area contributed by atoms with Crippen LogP contribution in [0.5, 0.6) is 5.75 Å². The molecule has 1 saturated heterocycles. The van der Waals surface area contributed by atoms with E-state index in [9.17, 15) is 4.79 Å². The second kappa shape index (κ2) is 8.74. The Hall–Kier alpha value is -3.19. The van der Waals surface area contributed by atoms with Gasteiger partial charge >= 0.3 is 0 Å². The SMILES string of the molecule is COc1cccc(CC2CCCN2C(=O)c2cc(C)nc3c2cnn3Cc2cccs2)c1. The number of methoxy groups -OCH3 is 1. The van der Waals surface area contributed by atoms with E-state index >= 15 is 0 Å². The van der Waals surface area contributed by atoms with E-state index in [2.05, 4.69) is 28.7 Å². The molecule has 5 rings (SSSR count). The average Bonchev–Trinajstić information content (AvgIpc) is 3.55. The number of aromatic nitrogens is 3. The summed E-state index contributed by atoms with van der Waals surface area (Å²) in [5.41, 5.74) is 3.49. The van der Waals surface area contributed by atoms with Crippen molar-refractivity contribution in [2.24, 2.45) is 0 Å². The Morgan fingerprint density at radius 3 is 2.97 bits per heavy atom. The fourth-order valence-corrected chi connectivity index (χ4v) is 5.24. The molecular weight excluding hydrogens is 420 g/mol. The molecule has 1 atom stereocenters. The van der Waals surface area contributed by atoms with Crippen LogP contribution in [0.15, 0.2) is 54.0 Å². The lowest BCUT2D eigenvalue weighted by atomic mass is 10.0. The molecule has 7 heteroatoms. The second-order valence-corrected chi connectivity index (χ2v) is 9.31. The van der Waals surface area contributed by atoms with Crippen LogP contribution < -0.4 is 4.74 Å². The lowest BCUT2D eigenvalue weighted by Gasteiger charge is -2.25. The lowest BCUT2D eigenvalue weighted by molar-refractivity contribution is 0.0738. The van der Waals surface area contributed by atoms with Gasteiger partial charge in [0.15, 0.2) is 5.65 Å². The number of rotatable bonds is 6. The maximum Gasteiger partial charge on any atom is 0.254 e. The molecule has 3 aromatic heterocycles. The first-order valence-electron chi connectivity index (χ1n) is 10.9. The van der Waals surface area contributed by atoms with Crippen LogP contribution in [0.25, 0.3) is 11.0 Å². The molecule has 0 saturated carbocycles. The van der Waals surface area contributed by atoms with Crippen molar-refractivity contribution >= 4 is 28.3 Å². The molecule has 1 amide bonds. The Labute approximate surface area is 191 Å². The molecule has 4 aromatic rings. The number of carbonyl (C=O) groups is 1. The van der Waals surface area contributed by atoms with Crippen LogP contribution in [-0.4, -0.2) is 45.3 Å². The third-order valence-corrected chi connectivity index (χ3v) is 6.96. The Bertz CT molecular complexity index is 1250. The van der Waals surface area contributed by atoms with Crippen molar-refractivity contribution in [1.29, 1.82) is 0 Å². The number of carbonyl (C=O) groups excluding carboxylic acids is 1. The summed E-state index contributed by atoms with van der Waals surface area (Å²) >= 11 is 1.70. The predicted octanol–water partition coefficient (Wildman–Crippen LogP) is 4.71. The Kier molecular flexibility index (Phi) is 5.66. The predicted molar refractivity (Wildman–Crippen MR) is 126 cm³/mol. The summed E-state index contributed by atoms with van der Waals surface area (Å²) in [6.45, 7) is 3.38. The van der Waals surface area contributed by atoms with Gasteiger partial charge in [-0.15, -0.1) is 11.3 Å². The fraction of sp³-hybridized carbons (Fsp3) is 0.320. The van der Waals surface area contributed by atoms with Crippen molar-refractivity contribution in [3.63, 3.8) is 0 Å². The topological polar surface area (TPSA) is 60.2 Å². The normalized spacial score (nSPS) is 16.1. The minimum Gasteiger partial charge on any atom is -0.497 e. The van der Waals surface area contributed by atoms with E-state index in [1.807, 2.05) is 40.8 Å². The molecule has 1 unspecified atom stereocenters. The van der Waals surface area contributed by atoms with Gasteiger partial charge in [0, 0.05) is 23.2 Å². The summed E-state index contributed by atoms with van der Waals surface area (Å²) in [6.07, 6.45) is 4.64. The highest BCUT2D eigenvalue weighted by Gasteiger charge is 2.31. The van der Waals surface area contributed by atoms with E-state index < -0.39 is 0 Å². The number of likely N-dealkylation sites (tertiary alicyclic amines) is 1. The largest absolute Gasteiger partial charge is 0.497 e. The van der Waals surface area contributed by atoms with Gasteiger partial charge in [0.2, 0.25) is 0 Å². The second-order valence-electron chi connectivity index (χ2n) is 8.28. The number of ether oxygens (including phenoxy) is 1. The van der Waals surface area contributed by atoms with E-state index in [4.69, 9.17) is 9.72 Å². The average molecular weight is 447 g/mol. The quantitative estimate of drug-likeness (QED) is 0.431. The molecule has 1 fully saturated rings. The van der Waals surface area contributed by atoms with Crippen molar-refractivity contribution in [2.45, 2.75) is 38.8 Å². The highest BCUT2D eigenvalue weighted by molar-refractivity contribution is 7.09. The third kappa shape index (κ3) is 4.00. The summed E-state index contributed by atoms with van der Waals surface area (Å²) in [6, 6.07) is 14.3. The highest BCUT2D eigenvalue weighted by atomic mass is 32.1. The summed E-state index contributed by atoms with van der Waals surface area (Å²) in [7, 11) is 1.68. The molecule has 6 nitrogen and oxygen atoms in total. The van der Waals surface area contributed by atoms with Gasteiger partial charge in [0.25, 0.3) is 5.91 Å². The number of aryl methyl sites for hydroxylation is 1. The van der Waals surface area contributed by atoms with Crippen LogP contribution in [0.4, 0.5) is 0 Å². The zero-order chi connectivity index (χ0) is 22.1. The van der Waals surface area contributed by atoms with Crippen molar-refractivity contribution in [3.8, 4) is 5.75 Å². The molecule has 0 spiro atoms. The molecular formula is C25H26N4O2S. The number of hydrogen-bond acceptors (Lipinski definition) is 5. The van der Waals surface area contributed by atoms with Gasteiger partial charge in [0.1, 0.15) is 5.75 Å². The number of amides is 1. The molecule has 0 bridgehead atoms. The number of pyridine rings is 1. The zero-order valence-corrected chi connectivity index (χ0v) is 19.1. The van der Waals surface area contributed by atoms with Gasteiger partial charge in [-0.2, -0.15) is 5.10 Å². The van der Waals surface area contributed by atoms with Crippen LogP contribution in [0, 0.1) is 6.92 Å². The van der Waals surface area contributed by atoms with Gasteiger partial charge in [-0.1, -0.05) is 18.2 Å². The van der Waals surface area contributed by atoms with Crippen LogP contribution in [0.1, 0.15) is 39.3 Å². The van der Waals surface area contributed by atoms with Crippen LogP contribution in [0.3, 0.4) is 0 Å². The van der Waals surface area contributed by atoms with Gasteiger partial charge < -0.3 is 9.64 Å². The van der Waals surface area contributed by atoms with Crippen LogP contribution in [-0.2, 0) is 13.0 Å². The Morgan fingerprint density at radius 2 is 2.16 bits per heavy atom. The number of fused-ring (bicyclic) bond motifs is 1. The van der Waals surface area contributed by atoms with Gasteiger partial charge in [-0.25, -0.2) is 9.67 Å². The number of thiophene rings is 1. The summed E-state index contributed by atoms with van der Waals surface area (Å²) in [5.74, 6) is 0.921. The maximum atomic E-state index is 13.7. The molecule has 164 valence electrons. The van der Waals surface area contributed by atoms with Crippen LogP contribution in [0.2, 0.25) is 0 Å². The first-order valence-corrected chi connectivity index (χ1v) is 11.8. The van der Waals surface area contributed by atoms with E-state index in [0.717, 1.165) is 48.3 Å². The van der Waals surface area contributed by atoms with E-state index in [-0.39, 0.29) is 11.9 Å². The minimum absolute atomic E-state index is 0.0709. The van der Waals surface area contributed by atoms with Gasteiger partial charge in [0.05, 0.1) is 30.8 Å². The van der Waals surface area contributed by atoms with Crippen molar-refractivity contribution in [3.05, 3.63) is 75.7 Å².